The van der Waals surface area contributed by atoms with Crippen molar-refractivity contribution in [3.8, 4) is 0 Å². The summed E-state index contributed by atoms with van der Waals surface area (Å²) in [6, 6.07) is 2.59. The van der Waals surface area contributed by atoms with Crippen molar-refractivity contribution in [2.45, 2.75) is 45.1 Å². The molecule has 0 spiro atoms. The third-order valence-corrected chi connectivity index (χ3v) is 5.23. The maximum absolute atomic E-state index is 12.2. The molecule has 0 saturated carbocycles. The van der Waals surface area contributed by atoms with E-state index in [0.29, 0.717) is 17.5 Å². The normalized spacial score (nSPS) is 23.1. The average Bonchev–Trinajstić information content (AvgIpc) is 2.63. The van der Waals surface area contributed by atoms with Crippen LogP contribution in [0, 0.1) is 12.8 Å². The molecule has 2 saturated heterocycles. The lowest BCUT2D eigenvalue weighted by atomic mass is 9.92. The minimum Gasteiger partial charge on any atom is -0.381 e. The number of hydrogen-bond acceptors (Lipinski definition) is 4. The van der Waals surface area contributed by atoms with E-state index in [-0.39, 0.29) is 5.91 Å². The predicted molar refractivity (Wildman–Crippen MR) is 94.1 cm³/mol. The molecule has 1 amide bonds. The molecular formula is C19H29N3O2. The number of pyridine rings is 1. The van der Waals surface area contributed by atoms with E-state index >= 15 is 0 Å². The average molecular weight is 331 g/mol. The van der Waals surface area contributed by atoms with Crippen molar-refractivity contribution in [3.63, 3.8) is 0 Å². The summed E-state index contributed by atoms with van der Waals surface area (Å²) in [6.45, 7) is 6.92. The smallest absolute Gasteiger partial charge is 0.252 e. The number of nitrogens with zero attached hydrogens (tertiary/aromatic N) is 2. The van der Waals surface area contributed by atoms with Crippen LogP contribution >= 0.6 is 0 Å². The van der Waals surface area contributed by atoms with Crippen LogP contribution in [0.1, 0.15) is 48.0 Å². The standard InChI is InChI=1S/C19H29N3O2/c1-15-11-17(13-20-12-15)19(23)21-7-4-16-3-2-8-22(14-16)18-5-9-24-10-6-18/h11-13,16,18H,2-10,14H2,1H3,(H,21,23)/t16-/m1/s1. The number of carbonyl (C=O) groups excluding carboxylic acids is 1. The number of nitrogens with one attached hydrogen (secondary N) is 1. The molecule has 0 unspecified atom stereocenters. The lowest BCUT2D eigenvalue weighted by Crippen LogP contribution is -2.45. The second-order valence-electron chi connectivity index (χ2n) is 7.14. The van der Waals surface area contributed by atoms with Crippen LogP contribution in [0.3, 0.4) is 0 Å². The van der Waals surface area contributed by atoms with E-state index in [1.54, 1.807) is 12.4 Å². The van der Waals surface area contributed by atoms with Crippen LogP contribution in [0.5, 0.6) is 0 Å². The highest BCUT2D eigenvalue weighted by molar-refractivity contribution is 5.93. The molecule has 0 aliphatic carbocycles. The highest BCUT2D eigenvalue weighted by Gasteiger charge is 2.27. The molecule has 0 aromatic carbocycles. The second-order valence-corrected chi connectivity index (χ2v) is 7.14. The lowest BCUT2D eigenvalue weighted by molar-refractivity contribution is 0.0170. The molecule has 1 atom stereocenters. The zero-order valence-electron chi connectivity index (χ0n) is 14.7. The summed E-state index contributed by atoms with van der Waals surface area (Å²) >= 11 is 0. The van der Waals surface area contributed by atoms with Crippen molar-refractivity contribution in [2.24, 2.45) is 5.92 Å². The Labute approximate surface area is 144 Å². The molecule has 24 heavy (non-hydrogen) atoms. The summed E-state index contributed by atoms with van der Waals surface area (Å²) < 4.78 is 5.48. The number of carbonyl (C=O) groups is 1. The Bertz CT molecular complexity index is 543. The van der Waals surface area contributed by atoms with Gasteiger partial charge in [0, 0.05) is 44.7 Å². The minimum absolute atomic E-state index is 0.0108. The number of ether oxygens (including phenoxy) is 1. The van der Waals surface area contributed by atoms with Gasteiger partial charge in [-0.3, -0.25) is 14.7 Å². The van der Waals surface area contributed by atoms with Crippen LogP contribution in [0.15, 0.2) is 18.5 Å². The van der Waals surface area contributed by atoms with Crippen LogP contribution < -0.4 is 5.32 Å². The summed E-state index contributed by atoms with van der Waals surface area (Å²) in [5.74, 6) is 0.681. The van der Waals surface area contributed by atoms with E-state index in [1.165, 1.54) is 38.8 Å². The van der Waals surface area contributed by atoms with Crippen molar-refractivity contribution < 1.29 is 9.53 Å². The Morgan fingerprint density at radius 2 is 2.17 bits per heavy atom. The fraction of sp³-hybridized carbons (Fsp3) is 0.684. The lowest BCUT2D eigenvalue weighted by Gasteiger charge is -2.40. The highest BCUT2D eigenvalue weighted by atomic mass is 16.5. The van der Waals surface area contributed by atoms with Gasteiger partial charge in [0.1, 0.15) is 0 Å². The zero-order valence-corrected chi connectivity index (χ0v) is 14.7. The first-order valence-corrected chi connectivity index (χ1v) is 9.24. The molecule has 1 aromatic heterocycles. The topological polar surface area (TPSA) is 54.5 Å². The molecule has 1 N–H and O–H groups in total. The number of amides is 1. The van der Waals surface area contributed by atoms with Gasteiger partial charge in [-0.15, -0.1) is 0 Å². The molecule has 0 radical (unpaired) electrons. The highest BCUT2D eigenvalue weighted by Crippen LogP contribution is 2.24. The van der Waals surface area contributed by atoms with Gasteiger partial charge in [-0.05, 0) is 63.1 Å². The van der Waals surface area contributed by atoms with Crippen molar-refractivity contribution in [2.75, 3.05) is 32.8 Å². The zero-order chi connectivity index (χ0) is 16.8. The second kappa shape index (κ2) is 8.58. The Hall–Kier alpha value is -1.46. The van der Waals surface area contributed by atoms with Gasteiger partial charge in [0.15, 0.2) is 0 Å². The van der Waals surface area contributed by atoms with Gasteiger partial charge in [-0.25, -0.2) is 0 Å². The molecule has 5 heteroatoms. The van der Waals surface area contributed by atoms with Crippen molar-refractivity contribution >= 4 is 5.91 Å². The molecule has 1 aromatic rings. The predicted octanol–water partition coefficient (Wildman–Crippen LogP) is 2.40. The van der Waals surface area contributed by atoms with E-state index in [9.17, 15) is 4.79 Å². The van der Waals surface area contributed by atoms with Crippen LogP contribution in [-0.4, -0.2) is 54.7 Å². The molecular weight excluding hydrogens is 302 g/mol. The molecule has 2 aliphatic heterocycles. The summed E-state index contributed by atoms with van der Waals surface area (Å²) in [6.07, 6.45) is 9.36. The third kappa shape index (κ3) is 4.77. The summed E-state index contributed by atoms with van der Waals surface area (Å²) in [5.41, 5.74) is 1.67. The van der Waals surface area contributed by atoms with Gasteiger partial charge in [0.2, 0.25) is 0 Å². The first kappa shape index (κ1) is 17.4. The van der Waals surface area contributed by atoms with Gasteiger partial charge in [0.25, 0.3) is 5.91 Å². The van der Waals surface area contributed by atoms with E-state index in [2.05, 4.69) is 15.2 Å². The van der Waals surface area contributed by atoms with E-state index in [0.717, 1.165) is 31.7 Å². The molecule has 132 valence electrons. The Balaban J connectivity index is 1.42. The van der Waals surface area contributed by atoms with Crippen LogP contribution in [0.4, 0.5) is 0 Å². The summed E-state index contributed by atoms with van der Waals surface area (Å²) in [7, 11) is 0. The van der Waals surface area contributed by atoms with Gasteiger partial charge in [0.05, 0.1) is 5.56 Å². The Kier molecular flexibility index (Phi) is 6.21. The summed E-state index contributed by atoms with van der Waals surface area (Å²) in [5, 5.41) is 3.05. The van der Waals surface area contributed by atoms with Crippen LogP contribution in [-0.2, 0) is 4.74 Å². The Morgan fingerprint density at radius 1 is 1.33 bits per heavy atom. The number of rotatable bonds is 5. The van der Waals surface area contributed by atoms with Crippen LogP contribution in [0.2, 0.25) is 0 Å². The number of likely N-dealkylation sites (tertiary alicyclic amines) is 1. The quantitative estimate of drug-likeness (QED) is 0.900. The van der Waals surface area contributed by atoms with E-state index in [4.69, 9.17) is 4.74 Å². The number of aryl methyl sites for hydroxylation is 1. The van der Waals surface area contributed by atoms with Crippen molar-refractivity contribution in [3.05, 3.63) is 29.6 Å². The van der Waals surface area contributed by atoms with Gasteiger partial charge in [-0.1, -0.05) is 0 Å². The van der Waals surface area contributed by atoms with Gasteiger partial charge >= 0.3 is 0 Å². The molecule has 2 aliphatic rings. The maximum atomic E-state index is 12.2. The molecule has 3 heterocycles. The third-order valence-electron chi connectivity index (χ3n) is 5.23. The van der Waals surface area contributed by atoms with E-state index < -0.39 is 0 Å². The maximum Gasteiger partial charge on any atom is 0.252 e. The van der Waals surface area contributed by atoms with Crippen LogP contribution in [0.25, 0.3) is 0 Å². The first-order valence-electron chi connectivity index (χ1n) is 9.24. The summed E-state index contributed by atoms with van der Waals surface area (Å²) in [4.78, 5) is 18.9. The number of hydrogen-bond donors (Lipinski definition) is 1. The SMILES string of the molecule is Cc1cncc(C(=O)NCC[C@H]2CCCN(C3CCOCC3)C2)c1. The molecule has 3 rings (SSSR count). The molecule has 0 bridgehead atoms. The fourth-order valence-electron chi connectivity index (χ4n) is 3.89. The minimum atomic E-state index is -0.0108. The monoisotopic (exact) mass is 331 g/mol. The Morgan fingerprint density at radius 3 is 2.96 bits per heavy atom. The largest absolute Gasteiger partial charge is 0.381 e. The molecule has 2 fully saturated rings. The number of piperidine rings is 1. The fourth-order valence-corrected chi connectivity index (χ4v) is 3.89. The van der Waals surface area contributed by atoms with E-state index in [1.807, 2.05) is 13.0 Å². The first-order chi connectivity index (χ1) is 11.7. The van der Waals surface area contributed by atoms with Gasteiger partial charge in [-0.2, -0.15) is 0 Å². The van der Waals surface area contributed by atoms with Gasteiger partial charge < -0.3 is 10.1 Å². The molecule has 5 nitrogen and oxygen atoms in total. The van der Waals surface area contributed by atoms with Crippen molar-refractivity contribution in [1.29, 1.82) is 0 Å². The number of aromatic nitrogens is 1. The van der Waals surface area contributed by atoms with Crippen molar-refractivity contribution in [1.82, 2.24) is 15.2 Å².